The molecule has 1 aliphatic rings. The Bertz CT molecular complexity index is 995. The molecule has 134 valence electrons. The predicted molar refractivity (Wildman–Crippen MR) is 88.7 cm³/mol. The summed E-state index contributed by atoms with van der Waals surface area (Å²) in [6.45, 7) is 0. The molecular formula is C16H16N6O4. The van der Waals surface area contributed by atoms with Crippen molar-refractivity contribution >= 4 is 17.3 Å². The molecule has 3 aromatic rings. The monoisotopic (exact) mass is 356 g/mol. The van der Waals surface area contributed by atoms with Gasteiger partial charge >= 0.3 is 5.76 Å². The molecule has 1 fully saturated rings. The number of hydrogen-bond acceptors (Lipinski definition) is 6. The highest BCUT2D eigenvalue weighted by Gasteiger charge is 2.36. The predicted octanol–water partition coefficient (Wildman–Crippen LogP) is 0.0436. The fourth-order valence-corrected chi connectivity index (χ4v) is 2.96. The summed E-state index contributed by atoms with van der Waals surface area (Å²) in [4.78, 5) is 39.3. The number of H-pyrrole nitrogens is 1. The van der Waals surface area contributed by atoms with Gasteiger partial charge in [0.15, 0.2) is 5.69 Å². The number of aromatic nitrogens is 4. The maximum atomic E-state index is 12.6. The summed E-state index contributed by atoms with van der Waals surface area (Å²) in [5.41, 5.74) is 1.07. The van der Waals surface area contributed by atoms with Gasteiger partial charge in [-0.2, -0.15) is 9.73 Å². The average molecular weight is 356 g/mol. The number of oxazole rings is 1. The molecule has 1 aliphatic carbocycles. The second kappa shape index (κ2) is 6.14. The molecule has 3 aromatic heterocycles. The van der Waals surface area contributed by atoms with Crippen LogP contribution in [0.25, 0.3) is 5.52 Å². The van der Waals surface area contributed by atoms with Crippen LogP contribution >= 0.6 is 0 Å². The number of amides is 2. The molecule has 0 saturated heterocycles. The molecule has 2 amide bonds. The van der Waals surface area contributed by atoms with E-state index in [1.807, 2.05) is 6.07 Å². The lowest BCUT2D eigenvalue weighted by Gasteiger charge is -2.41. The Labute approximate surface area is 146 Å². The van der Waals surface area contributed by atoms with Gasteiger partial charge in [0.2, 0.25) is 5.76 Å². The van der Waals surface area contributed by atoms with Crippen LogP contribution in [-0.4, -0.2) is 55.7 Å². The first-order chi connectivity index (χ1) is 12.5. The number of aromatic amines is 1. The topological polar surface area (TPSA) is 126 Å². The first kappa shape index (κ1) is 16.1. The second-order valence-electron chi connectivity index (χ2n) is 6.22. The molecule has 0 bridgehead atoms. The average Bonchev–Trinajstić information content (AvgIpc) is 3.22. The first-order valence-electron chi connectivity index (χ1n) is 8.09. The van der Waals surface area contributed by atoms with Crippen LogP contribution in [0.4, 0.5) is 0 Å². The van der Waals surface area contributed by atoms with Gasteiger partial charge in [0, 0.05) is 25.3 Å². The lowest BCUT2D eigenvalue weighted by atomic mass is 9.85. The Balaban J connectivity index is 1.35. The number of carbonyl (C=O) groups excluding carboxylic acids is 2. The first-order valence-corrected chi connectivity index (χ1v) is 8.09. The number of rotatable bonds is 4. The van der Waals surface area contributed by atoms with Gasteiger partial charge in [0.1, 0.15) is 0 Å². The fraction of sp³-hybridized carbons (Fsp3) is 0.312. The number of nitrogens with one attached hydrogen (secondary N) is 2. The zero-order valence-electron chi connectivity index (χ0n) is 13.9. The number of hydrogen-bond donors (Lipinski definition) is 2. The maximum absolute atomic E-state index is 12.6. The normalized spacial score (nSPS) is 19.1. The van der Waals surface area contributed by atoms with E-state index in [9.17, 15) is 14.4 Å². The summed E-state index contributed by atoms with van der Waals surface area (Å²) in [7, 11) is 1.72. The van der Waals surface area contributed by atoms with Crippen molar-refractivity contribution in [1.82, 2.24) is 30.0 Å². The standard InChI is InChI=1S/C16H16N6O4/c1-21(15(24)12-7-10-3-2-4-18-22(10)20-12)11-5-9(6-11)19-14(23)13-8-17-16(25)26-13/h2-4,7-9,11H,5-6H2,1H3,(H,17,25)(H,19,23). The van der Waals surface area contributed by atoms with Crippen molar-refractivity contribution in [3.63, 3.8) is 0 Å². The van der Waals surface area contributed by atoms with Crippen LogP contribution < -0.4 is 11.1 Å². The van der Waals surface area contributed by atoms with Crippen molar-refractivity contribution in [1.29, 1.82) is 0 Å². The Morgan fingerprint density at radius 3 is 2.92 bits per heavy atom. The Kier molecular flexibility index (Phi) is 3.79. The molecule has 0 spiro atoms. The van der Waals surface area contributed by atoms with Crippen molar-refractivity contribution in [2.75, 3.05) is 7.05 Å². The van der Waals surface area contributed by atoms with Gasteiger partial charge in [-0.05, 0) is 31.0 Å². The van der Waals surface area contributed by atoms with E-state index in [0.717, 1.165) is 5.52 Å². The van der Waals surface area contributed by atoms with Crippen molar-refractivity contribution in [3.8, 4) is 0 Å². The van der Waals surface area contributed by atoms with E-state index in [0.29, 0.717) is 18.5 Å². The molecule has 10 nitrogen and oxygen atoms in total. The van der Waals surface area contributed by atoms with Crippen LogP contribution in [0, 0.1) is 0 Å². The van der Waals surface area contributed by atoms with Gasteiger partial charge in [-0.25, -0.2) is 4.79 Å². The van der Waals surface area contributed by atoms with Crippen molar-refractivity contribution in [3.05, 3.63) is 52.6 Å². The smallest absolute Gasteiger partial charge is 0.403 e. The van der Waals surface area contributed by atoms with Crippen LogP contribution in [0.1, 0.15) is 33.9 Å². The molecule has 0 aliphatic heterocycles. The molecular weight excluding hydrogens is 340 g/mol. The molecule has 0 unspecified atom stereocenters. The summed E-state index contributed by atoms with van der Waals surface area (Å²) >= 11 is 0. The Morgan fingerprint density at radius 2 is 2.23 bits per heavy atom. The van der Waals surface area contributed by atoms with E-state index in [4.69, 9.17) is 4.42 Å². The third kappa shape index (κ3) is 2.85. The Morgan fingerprint density at radius 1 is 1.42 bits per heavy atom. The summed E-state index contributed by atoms with van der Waals surface area (Å²) in [5.74, 6) is -1.37. The summed E-state index contributed by atoms with van der Waals surface area (Å²) in [6, 6.07) is 5.22. The molecule has 3 heterocycles. The van der Waals surface area contributed by atoms with Crippen LogP contribution in [0.5, 0.6) is 0 Å². The van der Waals surface area contributed by atoms with Gasteiger partial charge in [0.25, 0.3) is 11.8 Å². The van der Waals surface area contributed by atoms with Crippen LogP contribution in [-0.2, 0) is 0 Å². The zero-order valence-corrected chi connectivity index (χ0v) is 13.9. The molecule has 0 aromatic carbocycles. The maximum Gasteiger partial charge on any atom is 0.416 e. The molecule has 26 heavy (non-hydrogen) atoms. The highest BCUT2D eigenvalue weighted by molar-refractivity contribution is 5.94. The van der Waals surface area contributed by atoms with E-state index in [1.165, 1.54) is 10.8 Å². The van der Waals surface area contributed by atoms with Gasteiger partial charge < -0.3 is 14.6 Å². The van der Waals surface area contributed by atoms with E-state index in [-0.39, 0.29) is 23.8 Å². The Hall–Kier alpha value is -3.43. The van der Waals surface area contributed by atoms with Crippen LogP contribution in [0.2, 0.25) is 0 Å². The van der Waals surface area contributed by atoms with Gasteiger partial charge in [0.05, 0.1) is 11.7 Å². The molecule has 2 N–H and O–H groups in total. The fourth-order valence-electron chi connectivity index (χ4n) is 2.96. The molecule has 10 heteroatoms. The van der Waals surface area contributed by atoms with Crippen molar-refractivity contribution in [2.24, 2.45) is 0 Å². The van der Waals surface area contributed by atoms with Crippen molar-refractivity contribution in [2.45, 2.75) is 24.9 Å². The van der Waals surface area contributed by atoms with Crippen LogP contribution in [0.15, 0.2) is 39.8 Å². The molecule has 0 atom stereocenters. The minimum absolute atomic E-state index is 0.00352. The minimum atomic E-state index is -0.672. The van der Waals surface area contributed by atoms with Gasteiger partial charge in [-0.3, -0.25) is 14.6 Å². The van der Waals surface area contributed by atoms with E-state index in [1.54, 1.807) is 30.3 Å². The second-order valence-corrected chi connectivity index (χ2v) is 6.22. The zero-order chi connectivity index (χ0) is 18.3. The molecule has 1 saturated carbocycles. The number of nitrogens with zero attached hydrogens (tertiary/aromatic N) is 4. The molecule has 0 radical (unpaired) electrons. The van der Waals surface area contributed by atoms with E-state index >= 15 is 0 Å². The van der Waals surface area contributed by atoms with E-state index < -0.39 is 11.7 Å². The third-order valence-electron chi connectivity index (χ3n) is 4.53. The summed E-state index contributed by atoms with van der Waals surface area (Å²) in [6.07, 6.45) is 4.06. The highest BCUT2D eigenvalue weighted by Crippen LogP contribution is 2.26. The lowest BCUT2D eigenvalue weighted by Crippen LogP contribution is -2.54. The number of carbonyl (C=O) groups is 2. The SMILES string of the molecule is CN(C(=O)c1cc2cccnn2n1)C1CC(NC(=O)c2c[nH]c(=O)o2)C1. The van der Waals surface area contributed by atoms with Gasteiger partial charge in [-0.1, -0.05) is 0 Å². The quantitative estimate of drug-likeness (QED) is 0.680. The third-order valence-corrected chi connectivity index (χ3v) is 4.53. The number of fused-ring (bicyclic) bond motifs is 1. The lowest BCUT2D eigenvalue weighted by molar-refractivity contribution is 0.0574. The van der Waals surface area contributed by atoms with E-state index in [2.05, 4.69) is 20.5 Å². The summed E-state index contributed by atoms with van der Waals surface area (Å²) in [5, 5.41) is 11.0. The highest BCUT2D eigenvalue weighted by atomic mass is 16.4. The largest absolute Gasteiger partial charge is 0.416 e. The van der Waals surface area contributed by atoms with Gasteiger partial charge in [-0.15, -0.1) is 5.10 Å². The van der Waals surface area contributed by atoms with Crippen molar-refractivity contribution < 1.29 is 14.0 Å². The summed E-state index contributed by atoms with van der Waals surface area (Å²) < 4.78 is 6.12. The van der Waals surface area contributed by atoms with Crippen LogP contribution in [0.3, 0.4) is 0 Å². The molecule has 4 rings (SSSR count). The minimum Gasteiger partial charge on any atom is -0.403 e.